The minimum Gasteiger partial charge on any atom is -0.507 e. The molecule has 2 rings (SSSR count). The number of hydrogen-bond donors (Lipinski definition) is 2. The number of phenolic OH excluding ortho intramolecular Hbond substituents is 1. The van der Waals surface area contributed by atoms with Crippen LogP contribution in [0.1, 0.15) is 32.6 Å². The molecule has 0 aliphatic carbocycles. The topological polar surface area (TPSA) is 88.5 Å². The molecule has 0 unspecified atom stereocenters. The molecule has 2 N–H and O–H groups in total. The number of anilines is 1. The normalized spacial score (nSPS) is 11.2. The largest absolute Gasteiger partial charge is 0.507 e. The molecule has 0 aliphatic heterocycles. The van der Waals surface area contributed by atoms with Crippen LogP contribution in [0.5, 0.6) is 5.75 Å². The zero-order chi connectivity index (χ0) is 18.8. The molecule has 1 aromatic heterocycles. The number of carbonyl (C=O) groups is 2. The number of aromatic nitrogens is 1. The summed E-state index contributed by atoms with van der Waals surface area (Å²) in [5.74, 6) is -2.42. The first-order chi connectivity index (χ1) is 11.6. The summed E-state index contributed by atoms with van der Waals surface area (Å²) in [6.07, 6.45) is -4.89. The third-order valence-electron chi connectivity index (χ3n) is 2.78. The second kappa shape index (κ2) is 7.40. The van der Waals surface area contributed by atoms with Crippen LogP contribution in [0.25, 0.3) is 0 Å². The predicted molar refractivity (Wildman–Crippen MR) is 86.8 cm³/mol. The van der Waals surface area contributed by atoms with Crippen molar-refractivity contribution in [2.75, 3.05) is 11.9 Å². The molecule has 0 aliphatic rings. The van der Waals surface area contributed by atoms with Crippen molar-refractivity contribution >= 4 is 44.3 Å². The Morgan fingerprint density at radius 1 is 1.40 bits per heavy atom. The summed E-state index contributed by atoms with van der Waals surface area (Å²) >= 11 is 3.45. The van der Waals surface area contributed by atoms with Gasteiger partial charge in [0.2, 0.25) is 0 Å². The van der Waals surface area contributed by atoms with Crippen molar-refractivity contribution in [1.29, 1.82) is 0 Å². The predicted octanol–water partition coefficient (Wildman–Crippen LogP) is 4.06. The average Bonchev–Trinajstić information content (AvgIpc) is 2.94. The molecule has 0 bridgehead atoms. The summed E-state index contributed by atoms with van der Waals surface area (Å²) in [5, 5.41) is 11.4. The van der Waals surface area contributed by atoms with E-state index in [2.05, 4.69) is 31.0 Å². The van der Waals surface area contributed by atoms with Crippen molar-refractivity contribution in [1.82, 2.24) is 4.98 Å². The van der Waals surface area contributed by atoms with Crippen LogP contribution >= 0.6 is 27.3 Å². The maximum Gasteiger partial charge on any atom is 0.435 e. The molecule has 25 heavy (non-hydrogen) atoms. The Morgan fingerprint density at radius 2 is 2.08 bits per heavy atom. The van der Waals surface area contributed by atoms with Crippen LogP contribution in [0, 0.1) is 0 Å². The van der Waals surface area contributed by atoms with Crippen LogP contribution in [0.3, 0.4) is 0 Å². The summed E-state index contributed by atoms with van der Waals surface area (Å²) in [4.78, 5) is 26.3. The number of halogens is 4. The van der Waals surface area contributed by atoms with Gasteiger partial charge in [-0.15, -0.1) is 0 Å². The number of alkyl halides is 3. The number of amides is 1. The highest BCUT2D eigenvalue weighted by atomic mass is 79.9. The lowest BCUT2D eigenvalue weighted by atomic mass is 10.2. The highest BCUT2D eigenvalue weighted by molar-refractivity contribution is 9.10. The number of hydrogen-bond acceptors (Lipinski definition) is 6. The van der Waals surface area contributed by atoms with E-state index in [1.54, 1.807) is 0 Å². The monoisotopic (exact) mass is 438 g/mol. The highest BCUT2D eigenvalue weighted by Gasteiger charge is 2.40. The second-order valence-electron chi connectivity index (χ2n) is 4.53. The minimum absolute atomic E-state index is 0.109. The van der Waals surface area contributed by atoms with Crippen molar-refractivity contribution in [3.63, 3.8) is 0 Å². The van der Waals surface area contributed by atoms with E-state index in [0.717, 1.165) is 0 Å². The summed E-state index contributed by atoms with van der Waals surface area (Å²) in [6, 6.07) is 4.01. The van der Waals surface area contributed by atoms with Crippen LogP contribution in [0.4, 0.5) is 18.3 Å². The lowest BCUT2D eigenvalue weighted by Gasteiger charge is -2.05. The standard InChI is InChI=1S/C14H10BrF3N2O4S/c1-2-24-12(23)9-10(14(16,17)18)19-13(25-9)20-11(22)7-5-6(15)3-4-8(7)21/h3-5,21H,2H2,1H3,(H,19,20,22). The molecule has 0 saturated heterocycles. The van der Waals surface area contributed by atoms with E-state index in [-0.39, 0.29) is 17.9 Å². The fourth-order valence-corrected chi connectivity index (χ4v) is 2.99. The number of aromatic hydroxyl groups is 1. The molecule has 2 aromatic rings. The van der Waals surface area contributed by atoms with E-state index in [1.165, 1.54) is 25.1 Å². The molecule has 0 fully saturated rings. The van der Waals surface area contributed by atoms with Gasteiger partial charge >= 0.3 is 12.1 Å². The molecule has 6 nitrogen and oxygen atoms in total. The summed E-state index contributed by atoms with van der Waals surface area (Å²) in [7, 11) is 0. The Labute approximate surface area is 151 Å². The van der Waals surface area contributed by atoms with Crippen molar-refractivity contribution in [2.24, 2.45) is 0 Å². The zero-order valence-electron chi connectivity index (χ0n) is 12.5. The van der Waals surface area contributed by atoms with Crippen LogP contribution < -0.4 is 5.32 Å². The first-order valence-electron chi connectivity index (χ1n) is 6.68. The number of ether oxygens (including phenoxy) is 1. The Balaban J connectivity index is 2.35. The number of phenols is 1. The summed E-state index contributed by atoms with van der Waals surface area (Å²) in [5.41, 5.74) is -1.61. The molecule has 134 valence electrons. The smallest absolute Gasteiger partial charge is 0.435 e. The first kappa shape index (κ1) is 19.2. The highest BCUT2D eigenvalue weighted by Crippen LogP contribution is 2.37. The first-order valence-corrected chi connectivity index (χ1v) is 8.29. The molecule has 1 aromatic carbocycles. The van der Waals surface area contributed by atoms with Gasteiger partial charge in [0.15, 0.2) is 10.8 Å². The third kappa shape index (κ3) is 4.48. The van der Waals surface area contributed by atoms with Gasteiger partial charge in [-0.3, -0.25) is 10.1 Å². The number of thiazole rings is 1. The fraction of sp³-hybridized carbons (Fsp3) is 0.214. The maximum absolute atomic E-state index is 13.0. The maximum atomic E-state index is 13.0. The van der Waals surface area contributed by atoms with Gasteiger partial charge in [-0.25, -0.2) is 9.78 Å². The van der Waals surface area contributed by atoms with Crippen molar-refractivity contribution in [2.45, 2.75) is 13.1 Å². The third-order valence-corrected chi connectivity index (χ3v) is 4.22. The molecule has 0 radical (unpaired) electrons. The van der Waals surface area contributed by atoms with Crippen molar-refractivity contribution in [3.8, 4) is 5.75 Å². The Bertz CT molecular complexity index is 823. The van der Waals surface area contributed by atoms with Crippen LogP contribution in [0.2, 0.25) is 0 Å². The lowest BCUT2D eigenvalue weighted by molar-refractivity contribution is -0.141. The van der Waals surface area contributed by atoms with Gasteiger partial charge in [0.1, 0.15) is 10.6 Å². The number of esters is 1. The Hall–Kier alpha value is -2.14. The number of rotatable bonds is 4. The van der Waals surface area contributed by atoms with Crippen LogP contribution in [-0.2, 0) is 10.9 Å². The Morgan fingerprint density at radius 3 is 2.68 bits per heavy atom. The van der Waals surface area contributed by atoms with Gasteiger partial charge in [-0.05, 0) is 25.1 Å². The van der Waals surface area contributed by atoms with Crippen molar-refractivity contribution in [3.05, 3.63) is 38.8 Å². The van der Waals surface area contributed by atoms with Crippen LogP contribution in [-0.4, -0.2) is 28.6 Å². The SMILES string of the molecule is CCOC(=O)c1sc(NC(=O)c2cc(Br)ccc2O)nc1C(F)(F)F. The number of carbonyl (C=O) groups excluding carboxylic acids is 2. The molecule has 0 saturated carbocycles. The number of nitrogens with one attached hydrogen (secondary N) is 1. The van der Waals surface area contributed by atoms with E-state index in [4.69, 9.17) is 0 Å². The van der Waals surface area contributed by atoms with Gasteiger partial charge < -0.3 is 9.84 Å². The molecule has 0 spiro atoms. The quantitative estimate of drug-likeness (QED) is 0.702. The lowest BCUT2D eigenvalue weighted by Crippen LogP contribution is -2.14. The van der Waals surface area contributed by atoms with E-state index >= 15 is 0 Å². The molecule has 11 heteroatoms. The van der Waals surface area contributed by atoms with Gasteiger partial charge in [0, 0.05) is 4.47 Å². The van der Waals surface area contributed by atoms with E-state index in [1.807, 2.05) is 0 Å². The van der Waals surface area contributed by atoms with Crippen molar-refractivity contribution < 1.29 is 32.6 Å². The molecular formula is C14H10BrF3N2O4S. The van der Waals surface area contributed by atoms with Gasteiger partial charge in [-0.2, -0.15) is 13.2 Å². The molecular weight excluding hydrogens is 429 g/mol. The van der Waals surface area contributed by atoms with Gasteiger partial charge in [-0.1, -0.05) is 27.3 Å². The summed E-state index contributed by atoms with van der Waals surface area (Å²) in [6.45, 7) is 1.34. The summed E-state index contributed by atoms with van der Waals surface area (Å²) < 4.78 is 44.1. The van der Waals surface area contributed by atoms with Crippen LogP contribution in [0.15, 0.2) is 22.7 Å². The minimum atomic E-state index is -4.89. The van der Waals surface area contributed by atoms with E-state index in [9.17, 15) is 27.9 Å². The number of nitrogens with zero attached hydrogens (tertiary/aromatic N) is 1. The zero-order valence-corrected chi connectivity index (χ0v) is 14.9. The molecule has 1 heterocycles. The molecule has 1 amide bonds. The van der Waals surface area contributed by atoms with E-state index < -0.39 is 33.8 Å². The number of benzene rings is 1. The molecule has 0 atom stereocenters. The Kier molecular flexibility index (Phi) is 5.68. The fourth-order valence-electron chi connectivity index (χ4n) is 1.76. The second-order valence-corrected chi connectivity index (χ2v) is 6.45. The average molecular weight is 439 g/mol. The van der Waals surface area contributed by atoms with Gasteiger partial charge in [0.05, 0.1) is 12.2 Å². The van der Waals surface area contributed by atoms with E-state index in [0.29, 0.717) is 15.8 Å². The van der Waals surface area contributed by atoms with Gasteiger partial charge in [0.25, 0.3) is 5.91 Å².